The van der Waals surface area contributed by atoms with Gasteiger partial charge in [-0.1, -0.05) is 6.07 Å². The smallest absolute Gasteiger partial charge is 0.270 e. The van der Waals surface area contributed by atoms with Gasteiger partial charge in [0.25, 0.3) is 5.69 Å². The Kier molecular flexibility index (Phi) is 3.52. The highest BCUT2D eigenvalue weighted by Crippen LogP contribution is 2.25. The third-order valence-corrected chi connectivity index (χ3v) is 2.79. The van der Waals surface area contributed by atoms with Gasteiger partial charge in [-0.2, -0.15) is 0 Å². The number of nitro benzene ring substituents is 1. The molecule has 0 saturated heterocycles. The second kappa shape index (κ2) is 5.11. The third kappa shape index (κ3) is 2.74. The lowest BCUT2D eigenvalue weighted by molar-refractivity contribution is -0.384. The molecule has 1 aromatic heterocycles. The molecule has 6 nitrogen and oxygen atoms in total. The summed E-state index contributed by atoms with van der Waals surface area (Å²) in [5.74, 6) is 0.474. The van der Waals surface area contributed by atoms with Gasteiger partial charge in [-0.25, -0.2) is 9.97 Å². The van der Waals surface area contributed by atoms with Crippen molar-refractivity contribution in [1.82, 2.24) is 9.97 Å². The lowest BCUT2D eigenvalue weighted by Crippen LogP contribution is -2.04. The average Bonchev–Trinajstić information content (AvgIpc) is 2.38. The summed E-state index contributed by atoms with van der Waals surface area (Å²) in [4.78, 5) is 19.1. The van der Waals surface area contributed by atoms with Crippen molar-refractivity contribution in [2.45, 2.75) is 20.4 Å². The lowest BCUT2D eigenvalue weighted by Gasteiger charge is -2.07. The largest absolute Gasteiger partial charge is 0.325 e. The topological polar surface area (TPSA) is 94.9 Å². The summed E-state index contributed by atoms with van der Waals surface area (Å²) in [6.07, 6.45) is 0. The second-order valence-electron chi connectivity index (χ2n) is 4.28. The van der Waals surface area contributed by atoms with E-state index in [0.29, 0.717) is 23.6 Å². The molecule has 6 heteroatoms. The van der Waals surface area contributed by atoms with Gasteiger partial charge in [-0.15, -0.1) is 0 Å². The van der Waals surface area contributed by atoms with Gasteiger partial charge >= 0.3 is 0 Å². The van der Waals surface area contributed by atoms with Crippen molar-refractivity contribution in [3.8, 4) is 11.4 Å². The molecule has 0 aliphatic heterocycles. The Labute approximate surface area is 110 Å². The number of nitro groups is 1. The predicted molar refractivity (Wildman–Crippen MR) is 71.5 cm³/mol. The van der Waals surface area contributed by atoms with Gasteiger partial charge in [-0.05, 0) is 25.5 Å². The molecule has 2 N–H and O–H groups in total. The van der Waals surface area contributed by atoms with E-state index in [1.807, 2.05) is 13.8 Å². The predicted octanol–water partition coefficient (Wildman–Crippen LogP) is 2.13. The standard InChI is InChI=1S/C13H14N4O2/c1-8-3-4-11(17(18)19)6-12(8)13-15-9(2)5-10(7-14)16-13/h3-6H,7,14H2,1-2H3. The van der Waals surface area contributed by atoms with Crippen LogP contribution in [0.25, 0.3) is 11.4 Å². The van der Waals surface area contributed by atoms with Crippen LogP contribution in [0.2, 0.25) is 0 Å². The normalized spacial score (nSPS) is 10.5. The molecule has 19 heavy (non-hydrogen) atoms. The van der Waals surface area contributed by atoms with Crippen molar-refractivity contribution < 1.29 is 4.92 Å². The third-order valence-electron chi connectivity index (χ3n) is 2.79. The van der Waals surface area contributed by atoms with Crippen LogP contribution in [-0.2, 0) is 6.54 Å². The van der Waals surface area contributed by atoms with Gasteiger partial charge < -0.3 is 5.73 Å². The monoisotopic (exact) mass is 258 g/mol. The Hall–Kier alpha value is -2.34. The number of non-ortho nitro benzene ring substituents is 1. The molecule has 98 valence electrons. The molecule has 0 aliphatic rings. The minimum Gasteiger partial charge on any atom is -0.325 e. The first kappa shape index (κ1) is 13.1. The molecule has 0 radical (unpaired) electrons. The first-order valence-electron chi connectivity index (χ1n) is 5.81. The Morgan fingerprint density at radius 2 is 2.00 bits per heavy atom. The van der Waals surface area contributed by atoms with E-state index in [1.54, 1.807) is 12.1 Å². The number of hydrogen-bond donors (Lipinski definition) is 1. The van der Waals surface area contributed by atoms with Crippen molar-refractivity contribution in [3.63, 3.8) is 0 Å². The second-order valence-corrected chi connectivity index (χ2v) is 4.28. The van der Waals surface area contributed by atoms with Crippen LogP contribution in [0.5, 0.6) is 0 Å². The van der Waals surface area contributed by atoms with Gasteiger partial charge in [-0.3, -0.25) is 10.1 Å². The number of aryl methyl sites for hydroxylation is 2. The molecule has 1 heterocycles. The fourth-order valence-electron chi connectivity index (χ4n) is 1.82. The van der Waals surface area contributed by atoms with E-state index < -0.39 is 4.92 Å². The van der Waals surface area contributed by atoms with Gasteiger partial charge in [0.05, 0.1) is 10.6 Å². The SMILES string of the molecule is Cc1cc(CN)nc(-c2cc([N+](=O)[O-])ccc2C)n1. The molecule has 2 rings (SSSR count). The van der Waals surface area contributed by atoms with E-state index in [-0.39, 0.29) is 5.69 Å². The fraction of sp³-hybridized carbons (Fsp3) is 0.231. The van der Waals surface area contributed by atoms with Crippen LogP contribution in [0.15, 0.2) is 24.3 Å². The van der Waals surface area contributed by atoms with Gasteiger partial charge in [0.2, 0.25) is 0 Å². The number of aromatic nitrogens is 2. The molecule has 2 aromatic rings. The number of hydrogen-bond acceptors (Lipinski definition) is 5. The molecule has 0 fully saturated rings. The number of rotatable bonds is 3. The van der Waals surface area contributed by atoms with Crippen molar-refractivity contribution >= 4 is 5.69 Å². The molecule has 0 amide bonds. The van der Waals surface area contributed by atoms with E-state index in [1.165, 1.54) is 12.1 Å². The maximum absolute atomic E-state index is 10.8. The van der Waals surface area contributed by atoms with Crippen LogP contribution in [0.1, 0.15) is 17.0 Å². The molecular weight excluding hydrogens is 244 g/mol. The van der Waals surface area contributed by atoms with E-state index in [0.717, 1.165) is 11.3 Å². The zero-order valence-corrected chi connectivity index (χ0v) is 10.8. The van der Waals surface area contributed by atoms with E-state index in [2.05, 4.69) is 9.97 Å². The van der Waals surface area contributed by atoms with Crippen LogP contribution < -0.4 is 5.73 Å². The van der Waals surface area contributed by atoms with Gasteiger partial charge in [0, 0.05) is 29.9 Å². The van der Waals surface area contributed by atoms with Crippen molar-refractivity contribution in [3.05, 3.63) is 51.3 Å². The van der Waals surface area contributed by atoms with Crippen LogP contribution >= 0.6 is 0 Å². The van der Waals surface area contributed by atoms with Crippen molar-refractivity contribution in [1.29, 1.82) is 0 Å². The molecule has 0 unspecified atom stereocenters. The summed E-state index contributed by atoms with van der Waals surface area (Å²) >= 11 is 0. The zero-order valence-electron chi connectivity index (χ0n) is 10.8. The molecule has 0 spiro atoms. The summed E-state index contributed by atoms with van der Waals surface area (Å²) < 4.78 is 0. The lowest BCUT2D eigenvalue weighted by atomic mass is 10.1. The minimum atomic E-state index is -0.428. The summed E-state index contributed by atoms with van der Waals surface area (Å²) in [5, 5.41) is 10.8. The molecular formula is C13H14N4O2. The summed E-state index contributed by atoms with van der Waals surface area (Å²) in [6.45, 7) is 4.02. The minimum absolute atomic E-state index is 0.0278. The van der Waals surface area contributed by atoms with E-state index in [9.17, 15) is 10.1 Å². The highest BCUT2D eigenvalue weighted by molar-refractivity contribution is 5.63. The quantitative estimate of drug-likeness (QED) is 0.672. The molecule has 0 aliphatic carbocycles. The Bertz CT molecular complexity index is 641. The van der Waals surface area contributed by atoms with Crippen LogP contribution in [-0.4, -0.2) is 14.9 Å². The molecule has 0 bridgehead atoms. The van der Waals surface area contributed by atoms with E-state index >= 15 is 0 Å². The first-order valence-corrected chi connectivity index (χ1v) is 5.81. The number of nitrogens with zero attached hydrogens (tertiary/aromatic N) is 3. The fourth-order valence-corrected chi connectivity index (χ4v) is 1.82. The zero-order chi connectivity index (χ0) is 14.0. The Balaban J connectivity index is 2.60. The molecule has 0 atom stereocenters. The number of benzene rings is 1. The van der Waals surface area contributed by atoms with Gasteiger partial charge in [0.15, 0.2) is 5.82 Å². The summed E-state index contributed by atoms with van der Waals surface area (Å²) in [5.41, 5.74) is 8.66. The maximum atomic E-state index is 10.8. The first-order chi connectivity index (χ1) is 9.01. The summed E-state index contributed by atoms with van der Waals surface area (Å²) in [7, 11) is 0. The average molecular weight is 258 g/mol. The molecule has 0 saturated carbocycles. The van der Waals surface area contributed by atoms with Gasteiger partial charge in [0.1, 0.15) is 0 Å². The summed E-state index contributed by atoms with van der Waals surface area (Å²) in [6, 6.07) is 6.46. The van der Waals surface area contributed by atoms with Crippen molar-refractivity contribution in [2.24, 2.45) is 5.73 Å². The Morgan fingerprint density at radius 3 is 2.63 bits per heavy atom. The van der Waals surface area contributed by atoms with E-state index in [4.69, 9.17) is 5.73 Å². The highest BCUT2D eigenvalue weighted by Gasteiger charge is 2.13. The highest BCUT2D eigenvalue weighted by atomic mass is 16.6. The Morgan fingerprint density at radius 1 is 1.26 bits per heavy atom. The number of nitrogens with two attached hydrogens (primary N) is 1. The van der Waals surface area contributed by atoms with Crippen molar-refractivity contribution in [2.75, 3.05) is 0 Å². The molecule has 1 aromatic carbocycles. The van der Waals surface area contributed by atoms with Crippen LogP contribution in [0, 0.1) is 24.0 Å². The van der Waals surface area contributed by atoms with Crippen LogP contribution in [0.3, 0.4) is 0 Å². The van der Waals surface area contributed by atoms with Crippen LogP contribution in [0.4, 0.5) is 5.69 Å². The maximum Gasteiger partial charge on any atom is 0.270 e.